The van der Waals surface area contributed by atoms with Crippen LogP contribution in [0.15, 0.2) is 6.07 Å². The van der Waals surface area contributed by atoms with Gasteiger partial charge < -0.3 is 10.2 Å². The zero-order chi connectivity index (χ0) is 12.5. The van der Waals surface area contributed by atoms with Crippen molar-refractivity contribution in [3.05, 3.63) is 21.4 Å². The molecule has 0 amide bonds. The van der Waals surface area contributed by atoms with Gasteiger partial charge in [-0.05, 0) is 64.3 Å². The molecule has 2 aliphatic rings. The van der Waals surface area contributed by atoms with Gasteiger partial charge in [-0.25, -0.2) is 0 Å². The quantitative estimate of drug-likeness (QED) is 0.902. The van der Waals surface area contributed by atoms with Gasteiger partial charge >= 0.3 is 0 Å². The third-order valence-corrected chi connectivity index (χ3v) is 5.55. The monoisotopic (exact) mass is 264 g/mol. The normalized spacial score (nSPS) is 28.6. The van der Waals surface area contributed by atoms with Crippen LogP contribution >= 0.6 is 11.3 Å². The molecular formula is C15H24N2S. The molecule has 3 rings (SSSR count). The van der Waals surface area contributed by atoms with Crippen molar-refractivity contribution in [1.82, 2.24) is 10.2 Å². The van der Waals surface area contributed by atoms with Gasteiger partial charge in [-0.3, -0.25) is 0 Å². The molecule has 1 aromatic rings. The Morgan fingerprint density at radius 3 is 3.00 bits per heavy atom. The van der Waals surface area contributed by atoms with Crippen LogP contribution in [0.25, 0.3) is 0 Å². The minimum Gasteiger partial charge on any atom is -0.310 e. The van der Waals surface area contributed by atoms with Crippen molar-refractivity contribution in [2.24, 2.45) is 0 Å². The van der Waals surface area contributed by atoms with Gasteiger partial charge in [-0.15, -0.1) is 11.3 Å². The van der Waals surface area contributed by atoms with Crippen molar-refractivity contribution in [3.8, 4) is 0 Å². The number of rotatable bonds is 3. The molecule has 2 saturated heterocycles. The number of piperidine rings is 1. The summed E-state index contributed by atoms with van der Waals surface area (Å²) in [7, 11) is 0. The van der Waals surface area contributed by atoms with Gasteiger partial charge in [0.05, 0.1) is 0 Å². The summed E-state index contributed by atoms with van der Waals surface area (Å²) in [5, 5.41) is 3.78. The van der Waals surface area contributed by atoms with Crippen LogP contribution in [0.5, 0.6) is 0 Å². The minimum absolute atomic E-state index is 0.740. The molecule has 0 aromatic carbocycles. The topological polar surface area (TPSA) is 15.3 Å². The Hall–Kier alpha value is -0.380. The lowest BCUT2D eigenvalue weighted by Crippen LogP contribution is -2.45. The average Bonchev–Trinajstić information content (AvgIpc) is 2.92. The Labute approximate surface area is 114 Å². The van der Waals surface area contributed by atoms with Crippen LogP contribution in [-0.4, -0.2) is 30.1 Å². The zero-order valence-corrected chi connectivity index (χ0v) is 12.4. The van der Waals surface area contributed by atoms with E-state index in [9.17, 15) is 0 Å². The molecule has 2 fully saturated rings. The fourth-order valence-electron chi connectivity index (χ4n) is 3.52. The Balaban J connectivity index is 1.53. The van der Waals surface area contributed by atoms with E-state index in [-0.39, 0.29) is 0 Å². The zero-order valence-electron chi connectivity index (χ0n) is 11.5. The maximum atomic E-state index is 3.78. The highest BCUT2D eigenvalue weighted by Crippen LogP contribution is 2.27. The highest BCUT2D eigenvalue weighted by atomic mass is 32.1. The summed E-state index contributed by atoms with van der Waals surface area (Å²) in [5.74, 6) is 0. The molecule has 2 nitrogen and oxygen atoms in total. The molecule has 2 atom stereocenters. The SMILES string of the molecule is Cc1cc(CNC2CCN3CCCC3C2)c(C)s1. The van der Waals surface area contributed by atoms with E-state index in [1.165, 1.54) is 54.1 Å². The third-order valence-electron chi connectivity index (χ3n) is 4.55. The number of fused-ring (bicyclic) bond motifs is 1. The van der Waals surface area contributed by atoms with Crippen molar-refractivity contribution in [1.29, 1.82) is 0 Å². The van der Waals surface area contributed by atoms with E-state index in [2.05, 4.69) is 30.1 Å². The molecule has 0 radical (unpaired) electrons. The smallest absolute Gasteiger partial charge is 0.0219 e. The largest absolute Gasteiger partial charge is 0.310 e. The maximum absolute atomic E-state index is 3.78. The van der Waals surface area contributed by atoms with Crippen LogP contribution in [0, 0.1) is 13.8 Å². The molecular weight excluding hydrogens is 240 g/mol. The van der Waals surface area contributed by atoms with Crippen molar-refractivity contribution in [2.45, 2.75) is 58.2 Å². The number of aryl methyl sites for hydroxylation is 2. The van der Waals surface area contributed by atoms with E-state index >= 15 is 0 Å². The van der Waals surface area contributed by atoms with Crippen molar-refractivity contribution in [3.63, 3.8) is 0 Å². The summed E-state index contributed by atoms with van der Waals surface area (Å²) in [6.45, 7) is 8.17. The molecule has 3 heterocycles. The molecule has 0 spiro atoms. The first kappa shape index (κ1) is 12.6. The first-order chi connectivity index (χ1) is 8.72. The third kappa shape index (κ3) is 2.63. The minimum atomic E-state index is 0.740. The number of nitrogens with one attached hydrogen (secondary N) is 1. The van der Waals surface area contributed by atoms with Crippen LogP contribution in [0.1, 0.15) is 41.0 Å². The van der Waals surface area contributed by atoms with Gasteiger partial charge in [0.2, 0.25) is 0 Å². The lowest BCUT2D eigenvalue weighted by molar-refractivity contribution is 0.166. The fraction of sp³-hybridized carbons (Fsp3) is 0.733. The second kappa shape index (κ2) is 5.32. The lowest BCUT2D eigenvalue weighted by atomic mass is 9.97. The summed E-state index contributed by atoms with van der Waals surface area (Å²) in [4.78, 5) is 5.62. The number of thiophene rings is 1. The van der Waals surface area contributed by atoms with Crippen molar-refractivity contribution in [2.75, 3.05) is 13.1 Å². The van der Waals surface area contributed by atoms with Gasteiger partial charge in [0.1, 0.15) is 0 Å². The van der Waals surface area contributed by atoms with Gasteiger partial charge in [0, 0.05) is 28.4 Å². The number of nitrogens with zero attached hydrogens (tertiary/aromatic N) is 1. The summed E-state index contributed by atoms with van der Waals surface area (Å²) >= 11 is 1.92. The second-order valence-electron chi connectivity index (χ2n) is 5.87. The lowest BCUT2D eigenvalue weighted by Gasteiger charge is -2.35. The Kier molecular flexibility index (Phi) is 3.73. The molecule has 0 aliphatic carbocycles. The van der Waals surface area contributed by atoms with Gasteiger partial charge in [0.25, 0.3) is 0 Å². The molecule has 1 N–H and O–H groups in total. The van der Waals surface area contributed by atoms with Crippen molar-refractivity contribution < 1.29 is 0 Å². The van der Waals surface area contributed by atoms with Crippen molar-refractivity contribution >= 4 is 11.3 Å². The predicted octanol–water partition coefficient (Wildman–Crippen LogP) is 3.08. The highest BCUT2D eigenvalue weighted by molar-refractivity contribution is 7.12. The molecule has 100 valence electrons. The van der Waals surface area contributed by atoms with Gasteiger partial charge in [-0.1, -0.05) is 0 Å². The van der Waals surface area contributed by atoms with E-state index in [1.54, 1.807) is 0 Å². The molecule has 0 bridgehead atoms. The standard InChI is InChI=1S/C15H24N2S/c1-11-8-13(12(2)18-11)10-16-14-5-7-17-6-3-4-15(17)9-14/h8,14-16H,3-7,9-10H2,1-2H3. The van der Waals surface area contributed by atoms with Gasteiger partial charge in [-0.2, -0.15) is 0 Å². The van der Waals surface area contributed by atoms with Crippen LogP contribution in [-0.2, 0) is 6.54 Å². The van der Waals surface area contributed by atoms with Crippen LogP contribution < -0.4 is 5.32 Å². The molecule has 2 aliphatic heterocycles. The Morgan fingerprint density at radius 2 is 2.22 bits per heavy atom. The van der Waals surface area contributed by atoms with Crippen LogP contribution in [0.3, 0.4) is 0 Å². The summed E-state index contributed by atoms with van der Waals surface area (Å²) in [6.07, 6.45) is 5.54. The van der Waals surface area contributed by atoms with E-state index in [0.29, 0.717) is 0 Å². The Morgan fingerprint density at radius 1 is 1.33 bits per heavy atom. The predicted molar refractivity (Wildman–Crippen MR) is 78.2 cm³/mol. The van der Waals surface area contributed by atoms with E-state index in [1.807, 2.05) is 11.3 Å². The molecule has 2 unspecified atom stereocenters. The van der Waals surface area contributed by atoms with E-state index in [4.69, 9.17) is 0 Å². The Bertz CT molecular complexity index is 413. The summed E-state index contributed by atoms with van der Waals surface area (Å²) in [5.41, 5.74) is 1.51. The number of hydrogen-bond acceptors (Lipinski definition) is 3. The summed E-state index contributed by atoms with van der Waals surface area (Å²) < 4.78 is 0. The van der Waals surface area contributed by atoms with Crippen LogP contribution in [0.2, 0.25) is 0 Å². The highest BCUT2D eigenvalue weighted by Gasteiger charge is 2.31. The average molecular weight is 264 g/mol. The van der Waals surface area contributed by atoms with E-state index in [0.717, 1.165) is 18.6 Å². The summed E-state index contributed by atoms with van der Waals surface area (Å²) in [6, 6.07) is 3.96. The number of hydrogen-bond donors (Lipinski definition) is 1. The fourth-order valence-corrected chi connectivity index (χ4v) is 4.47. The first-order valence-corrected chi connectivity index (χ1v) is 8.07. The first-order valence-electron chi connectivity index (χ1n) is 7.26. The molecule has 3 heteroatoms. The van der Waals surface area contributed by atoms with E-state index < -0.39 is 0 Å². The van der Waals surface area contributed by atoms with Crippen LogP contribution in [0.4, 0.5) is 0 Å². The maximum Gasteiger partial charge on any atom is 0.0219 e. The molecule has 0 saturated carbocycles. The second-order valence-corrected chi connectivity index (χ2v) is 7.33. The van der Waals surface area contributed by atoms with Gasteiger partial charge in [0.15, 0.2) is 0 Å². The molecule has 1 aromatic heterocycles. The molecule has 18 heavy (non-hydrogen) atoms.